The zero-order chi connectivity index (χ0) is 15.1. The molecule has 0 saturated heterocycles. The Morgan fingerprint density at radius 1 is 1.45 bits per heavy atom. The fourth-order valence-corrected chi connectivity index (χ4v) is 3.42. The average Bonchev–Trinajstić information content (AvgIpc) is 3.06. The number of amides is 1. The fraction of sp³-hybridized carbons (Fsp3) is 0.364. The van der Waals surface area contributed by atoms with Crippen molar-refractivity contribution in [2.45, 2.75) is 17.7 Å². The number of rotatable bonds is 4. The zero-order valence-corrected chi connectivity index (χ0v) is 12.5. The van der Waals surface area contributed by atoms with Crippen LogP contribution in [-0.2, 0) is 10.0 Å². The van der Waals surface area contributed by atoms with Gasteiger partial charge in [0.05, 0.1) is 0 Å². The smallest absolute Gasteiger partial charge is 0.257 e. The number of hydrogen-bond acceptors (Lipinski definition) is 3. The highest BCUT2D eigenvalue weighted by molar-refractivity contribution is 9.10. The van der Waals surface area contributed by atoms with Crippen molar-refractivity contribution >= 4 is 31.9 Å². The summed E-state index contributed by atoms with van der Waals surface area (Å²) in [5, 5.41) is 7.23. The summed E-state index contributed by atoms with van der Waals surface area (Å²) in [7, 11) is -4.42. The van der Waals surface area contributed by atoms with E-state index in [4.69, 9.17) is 5.14 Å². The molecule has 1 aliphatic rings. The molecule has 5 nitrogen and oxygen atoms in total. The molecule has 1 aromatic rings. The van der Waals surface area contributed by atoms with Crippen LogP contribution in [0.15, 0.2) is 15.4 Å². The normalized spacial score (nSPS) is 15.2. The fourth-order valence-electron chi connectivity index (χ4n) is 1.69. The van der Waals surface area contributed by atoms with Crippen LogP contribution in [-0.4, -0.2) is 20.9 Å². The molecule has 1 amide bonds. The number of primary sulfonamides is 1. The second-order valence-electron chi connectivity index (χ2n) is 4.56. The second-order valence-corrected chi connectivity index (χ2v) is 6.91. The molecule has 1 aliphatic carbocycles. The third-order valence-electron chi connectivity index (χ3n) is 2.89. The molecule has 0 unspecified atom stereocenters. The van der Waals surface area contributed by atoms with Crippen molar-refractivity contribution in [1.29, 1.82) is 0 Å². The van der Waals surface area contributed by atoms with Gasteiger partial charge in [-0.25, -0.2) is 22.3 Å². The van der Waals surface area contributed by atoms with Gasteiger partial charge in [-0.3, -0.25) is 4.79 Å². The van der Waals surface area contributed by atoms with Crippen molar-refractivity contribution in [2.24, 2.45) is 11.1 Å². The van der Waals surface area contributed by atoms with Crippen LogP contribution in [0.25, 0.3) is 0 Å². The van der Waals surface area contributed by atoms with Crippen LogP contribution in [0.5, 0.6) is 0 Å². The van der Waals surface area contributed by atoms with Crippen molar-refractivity contribution in [2.75, 3.05) is 6.54 Å². The molecule has 9 heteroatoms. The third kappa shape index (κ3) is 3.15. The maximum Gasteiger partial charge on any atom is 0.257 e. The molecule has 110 valence electrons. The van der Waals surface area contributed by atoms with Gasteiger partial charge in [-0.2, -0.15) is 0 Å². The highest BCUT2D eigenvalue weighted by Gasteiger charge is 2.29. The van der Waals surface area contributed by atoms with Crippen molar-refractivity contribution in [3.63, 3.8) is 0 Å². The van der Waals surface area contributed by atoms with Gasteiger partial charge in [0.1, 0.15) is 16.3 Å². The Kier molecular flexibility index (Phi) is 4.12. The van der Waals surface area contributed by atoms with Crippen molar-refractivity contribution in [3.05, 3.63) is 27.7 Å². The number of sulfonamides is 1. The lowest BCUT2D eigenvalue weighted by molar-refractivity contribution is 0.0942. The van der Waals surface area contributed by atoms with Gasteiger partial charge in [-0.05, 0) is 40.8 Å². The van der Waals surface area contributed by atoms with Gasteiger partial charge >= 0.3 is 0 Å². The lowest BCUT2D eigenvalue weighted by Crippen LogP contribution is -2.28. The Morgan fingerprint density at radius 3 is 2.55 bits per heavy atom. The van der Waals surface area contributed by atoms with Crippen molar-refractivity contribution in [1.82, 2.24) is 5.32 Å². The predicted molar refractivity (Wildman–Crippen MR) is 70.5 cm³/mol. The molecular formula is C11H11BrF2N2O3S. The van der Waals surface area contributed by atoms with Crippen LogP contribution in [0, 0.1) is 17.6 Å². The minimum atomic E-state index is -4.42. The van der Waals surface area contributed by atoms with E-state index in [-0.39, 0.29) is 4.47 Å². The Balaban J connectivity index is 2.43. The van der Waals surface area contributed by atoms with Crippen LogP contribution in [0.4, 0.5) is 8.78 Å². The summed E-state index contributed by atoms with van der Waals surface area (Å²) < 4.78 is 50.0. The van der Waals surface area contributed by atoms with Crippen LogP contribution in [0.1, 0.15) is 23.2 Å². The predicted octanol–water partition coefficient (Wildman–Crippen LogP) is 1.51. The number of halogens is 3. The van der Waals surface area contributed by atoms with E-state index in [2.05, 4.69) is 21.2 Å². The standard InChI is InChI=1S/C11H11BrF2N2O3S/c12-6-3-7(13)8(9(14)10(6)20(15,18)19)11(17)16-4-5-1-2-5/h3,5H,1-2,4H2,(H,16,17)(H2,15,18,19). The van der Waals surface area contributed by atoms with Crippen molar-refractivity contribution < 1.29 is 22.0 Å². The molecule has 0 aliphatic heterocycles. The van der Waals surface area contributed by atoms with Gasteiger partial charge in [-0.15, -0.1) is 0 Å². The Bertz CT molecular complexity index is 675. The van der Waals surface area contributed by atoms with Gasteiger partial charge in [0.25, 0.3) is 5.91 Å². The van der Waals surface area contributed by atoms with Gasteiger partial charge in [0, 0.05) is 11.0 Å². The summed E-state index contributed by atoms with van der Waals surface area (Å²) in [6.07, 6.45) is 1.90. The highest BCUT2D eigenvalue weighted by Crippen LogP contribution is 2.30. The van der Waals surface area contributed by atoms with E-state index < -0.39 is 38.0 Å². The number of hydrogen-bond donors (Lipinski definition) is 2. The van der Waals surface area contributed by atoms with E-state index in [9.17, 15) is 22.0 Å². The van der Waals surface area contributed by atoms with Crippen LogP contribution >= 0.6 is 15.9 Å². The second kappa shape index (κ2) is 5.38. The first-order valence-corrected chi connectivity index (χ1v) is 8.04. The van der Waals surface area contributed by atoms with E-state index in [0.29, 0.717) is 18.5 Å². The zero-order valence-electron chi connectivity index (χ0n) is 10.1. The van der Waals surface area contributed by atoms with E-state index in [1.165, 1.54) is 0 Å². The Morgan fingerprint density at radius 2 is 2.05 bits per heavy atom. The summed E-state index contributed by atoms with van der Waals surface area (Å²) in [5.74, 6) is -3.33. The molecule has 3 N–H and O–H groups in total. The van der Waals surface area contributed by atoms with E-state index in [1.54, 1.807) is 0 Å². The summed E-state index contributed by atoms with van der Waals surface area (Å²) in [4.78, 5) is 10.8. The van der Waals surface area contributed by atoms with E-state index in [1.807, 2.05) is 0 Å². The first-order chi connectivity index (χ1) is 9.21. The molecule has 0 radical (unpaired) electrons. The molecule has 0 spiro atoms. The quantitative estimate of drug-likeness (QED) is 0.843. The lowest BCUT2D eigenvalue weighted by Gasteiger charge is -2.10. The summed E-state index contributed by atoms with van der Waals surface area (Å²) >= 11 is 2.72. The summed E-state index contributed by atoms with van der Waals surface area (Å²) in [6, 6.07) is 0.703. The lowest BCUT2D eigenvalue weighted by atomic mass is 10.2. The third-order valence-corrected chi connectivity index (χ3v) is 4.74. The molecule has 0 atom stereocenters. The van der Waals surface area contributed by atoms with E-state index in [0.717, 1.165) is 12.8 Å². The molecular weight excluding hydrogens is 358 g/mol. The number of nitrogens with one attached hydrogen (secondary N) is 1. The Labute approximate surface area is 122 Å². The van der Waals surface area contributed by atoms with Gasteiger partial charge in [-0.1, -0.05) is 0 Å². The molecule has 2 rings (SSSR count). The van der Waals surface area contributed by atoms with Crippen LogP contribution < -0.4 is 10.5 Å². The number of carbonyl (C=O) groups is 1. The van der Waals surface area contributed by atoms with Crippen LogP contribution in [0.3, 0.4) is 0 Å². The van der Waals surface area contributed by atoms with Gasteiger partial charge < -0.3 is 5.32 Å². The number of nitrogens with two attached hydrogens (primary N) is 1. The number of carbonyl (C=O) groups excluding carboxylic acids is 1. The maximum atomic E-state index is 14.1. The Hall–Kier alpha value is -1.06. The van der Waals surface area contributed by atoms with E-state index >= 15 is 0 Å². The summed E-state index contributed by atoms with van der Waals surface area (Å²) in [6.45, 7) is 0.304. The molecule has 1 aromatic carbocycles. The SMILES string of the molecule is NS(=O)(=O)c1c(Br)cc(F)c(C(=O)NCC2CC2)c1F. The topological polar surface area (TPSA) is 89.3 Å². The first-order valence-electron chi connectivity index (χ1n) is 5.70. The van der Waals surface area contributed by atoms with Gasteiger partial charge in [0.2, 0.25) is 10.0 Å². The minimum absolute atomic E-state index is 0.304. The number of benzene rings is 1. The van der Waals surface area contributed by atoms with Crippen molar-refractivity contribution in [3.8, 4) is 0 Å². The average molecular weight is 369 g/mol. The van der Waals surface area contributed by atoms with Gasteiger partial charge in [0.15, 0.2) is 5.82 Å². The minimum Gasteiger partial charge on any atom is -0.352 e. The van der Waals surface area contributed by atoms with Crippen LogP contribution in [0.2, 0.25) is 0 Å². The molecule has 1 saturated carbocycles. The highest BCUT2D eigenvalue weighted by atomic mass is 79.9. The largest absolute Gasteiger partial charge is 0.352 e. The molecule has 0 bridgehead atoms. The summed E-state index contributed by atoms with van der Waals surface area (Å²) in [5.41, 5.74) is -0.946. The molecule has 20 heavy (non-hydrogen) atoms. The first kappa shape index (κ1) is 15.3. The maximum absolute atomic E-state index is 14.1. The molecule has 0 heterocycles. The molecule has 0 aromatic heterocycles. The molecule has 1 fully saturated rings. The monoisotopic (exact) mass is 368 g/mol.